The van der Waals surface area contributed by atoms with E-state index >= 15 is 0 Å². The summed E-state index contributed by atoms with van der Waals surface area (Å²) in [7, 11) is 0. The average molecular weight is 182 g/mol. The lowest BCUT2D eigenvalue weighted by Gasteiger charge is -2.15. The molecule has 0 aliphatic heterocycles. The monoisotopic (exact) mass is 182 g/mol. The molecule has 0 aromatic carbocycles. The molecule has 0 amide bonds. The summed E-state index contributed by atoms with van der Waals surface area (Å²) in [6.07, 6.45) is 0. The molecule has 1 aromatic rings. The van der Waals surface area contributed by atoms with Gasteiger partial charge in [0.2, 0.25) is 0 Å². The topological polar surface area (TPSA) is 37.8 Å². The van der Waals surface area contributed by atoms with Gasteiger partial charge in [-0.3, -0.25) is 14.6 Å². The fourth-order valence-electron chi connectivity index (χ4n) is 1.71. The summed E-state index contributed by atoms with van der Waals surface area (Å²) in [4.78, 5) is 11.8. The second-order valence-corrected chi connectivity index (χ2v) is 4.41. The quantitative estimate of drug-likeness (QED) is 0.706. The molecule has 0 radical (unpaired) electrons. The zero-order chi connectivity index (χ0) is 10.2. The Morgan fingerprint density at radius 3 is 2.15 bits per heavy atom. The minimum Gasteiger partial charge on any atom is -0.300 e. The molecule has 1 heterocycles. The van der Waals surface area contributed by atoms with E-state index in [1.54, 1.807) is 4.68 Å². The van der Waals surface area contributed by atoms with Crippen LogP contribution in [0.4, 0.5) is 0 Å². The SMILES string of the molecule is CCn1[nH]c(C)c(C(C)(C)C)c1=O. The van der Waals surface area contributed by atoms with E-state index in [-0.39, 0.29) is 11.0 Å². The van der Waals surface area contributed by atoms with E-state index in [0.29, 0.717) is 6.54 Å². The Morgan fingerprint density at radius 2 is 1.92 bits per heavy atom. The van der Waals surface area contributed by atoms with Crippen LogP contribution in [0.2, 0.25) is 0 Å². The molecule has 0 unspecified atom stereocenters. The van der Waals surface area contributed by atoms with Gasteiger partial charge in [-0.2, -0.15) is 0 Å². The fraction of sp³-hybridized carbons (Fsp3) is 0.700. The van der Waals surface area contributed by atoms with Crippen molar-refractivity contribution in [3.8, 4) is 0 Å². The number of aromatic amines is 1. The Hall–Kier alpha value is -0.990. The van der Waals surface area contributed by atoms with Crippen molar-refractivity contribution >= 4 is 0 Å². The number of rotatable bonds is 1. The van der Waals surface area contributed by atoms with Crippen molar-refractivity contribution in [2.24, 2.45) is 0 Å². The van der Waals surface area contributed by atoms with Gasteiger partial charge < -0.3 is 0 Å². The van der Waals surface area contributed by atoms with Gasteiger partial charge in [-0.1, -0.05) is 20.8 Å². The highest BCUT2D eigenvalue weighted by Gasteiger charge is 2.22. The first kappa shape index (κ1) is 10.1. The van der Waals surface area contributed by atoms with Crippen molar-refractivity contribution in [2.75, 3.05) is 0 Å². The molecule has 0 bridgehead atoms. The largest absolute Gasteiger partial charge is 0.300 e. The predicted octanol–water partition coefficient (Wildman–Crippen LogP) is 1.80. The van der Waals surface area contributed by atoms with Crippen molar-refractivity contribution in [1.29, 1.82) is 0 Å². The van der Waals surface area contributed by atoms with Gasteiger partial charge in [0.15, 0.2) is 0 Å². The first-order valence-electron chi connectivity index (χ1n) is 4.67. The highest BCUT2D eigenvalue weighted by Crippen LogP contribution is 2.20. The summed E-state index contributed by atoms with van der Waals surface area (Å²) in [5, 5.41) is 3.07. The van der Waals surface area contributed by atoms with Gasteiger partial charge in [0.1, 0.15) is 0 Å². The van der Waals surface area contributed by atoms with Gasteiger partial charge in [-0.15, -0.1) is 0 Å². The minimum atomic E-state index is -0.0713. The predicted molar refractivity (Wildman–Crippen MR) is 54.2 cm³/mol. The third-order valence-electron chi connectivity index (χ3n) is 2.20. The number of H-pyrrole nitrogens is 1. The molecule has 0 atom stereocenters. The molecule has 1 N–H and O–H groups in total. The van der Waals surface area contributed by atoms with Crippen LogP contribution in [0.3, 0.4) is 0 Å². The number of hydrogen-bond donors (Lipinski definition) is 1. The minimum absolute atomic E-state index is 0.0713. The molecule has 1 rings (SSSR count). The van der Waals surface area contributed by atoms with Crippen LogP contribution < -0.4 is 5.56 Å². The molecule has 0 fully saturated rings. The van der Waals surface area contributed by atoms with Crippen LogP contribution in [0, 0.1) is 6.92 Å². The number of nitrogens with one attached hydrogen (secondary N) is 1. The zero-order valence-electron chi connectivity index (χ0n) is 9.06. The summed E-state index contributed by atoms with van der Waals surface area (Å²) in [5.74, 6) is 0. The van der Waals surface area contributed by atoms with Crippen LogP contribution in [0.1, 0.15) is 39.0 Å². The van der Waals surface area contributed by atoms with Crippen molar-refractivity contribution in [1.82, 2.24) is 9.78 Å². The van der Waals surface area contributed by atoms with E-state index in [1.165, 1.54) is 0 Å². The summed E-state index contributed by atoms with van der Waals surface area (Å²) in [6, 6.07) is 0. The second-order valence-electron chi connectivity index (χ2n) is 4.41. The maximum atomic E-state index is 11.8. The first-order chi connectivity index (χ1) is 5.88. The number of aryl methyl sites for hydroxylation is 2. The van der Waals surface area contributed by atoms with Crippen LogP contribution in [0.15, 0.2) is 4.79 Å². The molecular formula is C10H18N2O. The van der Waals surface area contributed by atoms with Gasteiger partial charge in [0, 0.05) is 17.8 Å². The van der Waals surface area contributed by atoms with Gasteiger partial charge in [0.25, 0.3) is 5.56 Å². The second kappa shape index (κ2) is 3.05. The first-order valence-corrected chi connectivity index (χ1v) is 4.67. The Bertz CT molecular complexity index is 352. The smallest absolute Gasteiger partial charge is 0.270 e. The van der Waals surface area contributed by atoms with E-state index in [1.807, 2.05) is 13.8 Å². The van der Waals surface area contributed by atoms with Crippen LogP contribution in [0.25, 0.3) is 0 Å². The molecule has 3 nitrogen and oxygen atoms in total. The van der Waals surface area contributed by atoms with Crippen molar-refractivity contribution in [3.63, 3.8) is 0 Å². The van der Waals surface area contributed by atoms with Gasteiger partial charge in [-0.25, -0.2) is 0 Å². The lowest BCUT2D eigenvalue weighted by atomic mass is 9.87. The molecule has 0 saturated carbocycles. The summed E-state index contributed by atoms with van der Waals surface area (Å²) >= 11 is 0. The highest BCUT2D eigenvalue weighted by molar-refractivity contribution is 5.24. The van der Waals surface area contributed by atoms with Crippen LogP contribution in [0.5, 0.6) is 0 Å². The van der Waals surface area contributed by atoms with Crippen molar-refractivity contribution in [2.45, 2.75) is 46.6 Å². The number of hydrogen-bond acceptors (Lipinski definition) is 1. The van der Waals surface area contributed by atoms with E-state index in [9.17, 15) is 4.79 Å². The lowest BCUT2D eigenvalue weighted by molar-refractivity contribution is 0.574. The summed E-state index contributed by atoms with van der Waals surface area (Å²) < 4.78 is 1.65. The molecule has 3 heteroatoms. The van der Waals surface area contributed by atoms with E-state index in [4.69, 9.17) is 0 Å². The van der Waals surface area contributed by atoms with Gasteiger partial charge in [0.05, 0.1) is 0 Å². The molecule has 13 heavy (non-hydrogen) atoms. The van der Waals surface area contributed by atoms with Gasteiger partial charge >= 0.3 is 0 Å². The van der Waals surface area contributed by atoms with Crippen LogP contribution >= 0.6 is 0 Å². The highest BCUT2D eigenvalue weighted by atomic mass is 16.1. The van der Waals surface area contributed by atoms with E-state index in [2.05, 4.69) is 25.9 Å². The molecule has 0 saturated heterocycles. The fourth-order valence-corrected chi connectivity index (χ4v) is 1.71. The third kappa shape index (κ3) is 1.69. The van der Waals surface area contributed by atoms with E-state index < -0.39 is 0 Å². The van der Waals surface area contributed by atoms with Crippen LogP contribution in [-0.2, 0) is 12.0 Å². The van der Waals surface area contributed by atoms with Crippen molar-refractivity contribution < 1.29 is 0 Å². The maximum absolute atomic E-state index is 11.8. The zero-order valence-corrected chi connectivity index (χ0v) is 9.06. The average Bonchev–Trinajstić information content (AvgIpc) is 2.24. The molecule has 0 aliphatic rings. The molecule has 0 spiro atoms. The number of nitrogens with zero attached hydrogens (tertiary/aromatic N) is 1. The van der Waals surface area contributed by atoms with Crippen molar-refractivity contribution in [3.05, 3.63) is 21.6 Å². The van der Waals surface area contributed by atoms with E-state index in [0.717, 1.165) is 11.3 Å². The standard InChI is InChI=1S/C10H18N2O/c1-6-12-9(13)8(7(2)11-12)10(3,4)5/h11H,6H2,1-5H3. The Morgan fingerprint density at radius 1 is 1.38 bits per heavy atom. The molecule has 1 aromatic heterocycles. The molecular weight excluding hydrogens is 164 g/mol. The number of aromatic nitrogens is 2. The Labute approximate surface area is 78.8 Å². The Balaban J connectivity index is 3.38. The normalized spacial score (nSPS) is 12.1. The summed E-state index contributed by atoms with van der Waals surface area (Å²) in [5.41, 5.74) is 1.93. The maximum Gasteiger partial charge on any atom is 0.270 e. The summed E-state index contributed by atoms with van der Waals surface area (Å²) in [6.45, 7) is 10.8. The molecule has 74 valence electrons. The van der Waals surface area contributed by atoms with Crippen LogP contribution in [-0.4, -0.2) is 9.78 Å². The van der Waals surface area contributed by atoms with Gasteiger partial charge in [-0.05, 0) is 19.3 Å². The lowest BCUT2D eigenvalue weighted by Crippen LogP contribution is -2.25. The third-order valence-corrected chi connectivity index (χ3v) is 2.20. The Kier molecular flexibility index (Phi) is 2.37. The molecule has 0 aliphatic carbocycles.